The van der Waals surface area contributed by atoms with Crippen molar-refractivity contribution < 1.29 is 8.42 Å². The predicted octanol–water partition coefficient (Wildman–Crippen LogP) is 2.87. The normalized spacial score (nSPS) is 18.1. The van der Waals surface area contributed by atoms with Crippen molar-refractivity contribution >= 4 is 26.3 Å². The molecular weight excluding hydrogens is 382 g/mol. The van der Waals surface area contributed by atoms with Crippen molar-refractivity contribution in [3.8, 4) is 0 Å². The highest BCUT2D eigenvalue weighted by atomic mass is 32.2. The van der Waals surface area contributed by atoms with E-state index < -0.39 is 10.0 Å². The summed E-state index contributed by atoms with van der Waals surface area (Å²) in [7, 11) is -3.12. The quantitative estimate of drug-likeness (QED) is 0.652. The summed E-state index contributed by atoms with van der Waals surface area (Å²) in [5.74, 6) is 1.28. The molecule has 1 saturated heterocycles. The highest BCUT2D eigenvalue weighted by Gasteiger charge is 2.30. The van der Waals surface area contributed by atoms with Gasteiger partial charge >= 0.3 is 0 Å². The maximum absolute atomic E-state index is 11.7. The highest BCUT2D eigenvalue weighted by Crippen LogP contribution is 2.33. The van der Waals surface area contributed by atoms with Gasteiger partial charge in [0.25, 0.3) is 0 Å². The lowest BCUT2D eigenvalue weighted by atomic mass is 9.97. The van der Waals surface area contributed by atoms with Crippen molar-refractivity contribution in [2.24, 2.45) is 0 Å². The molecule has 0 aliphatic carbocycles. The minimum atomic E-state index is -3.12. The zero-order chi connectivity index (χ0) is 19.0. The fourth-order valence-electron chi connectivity index (χ4n) is 3.73. The van der Waals surface area contributed by atoms with Crippen LogP contribution in [0.15, 0.2) is 30.3 Å². The van der Waals surface area contributed by atoms with E-state index in [0.29, 0.717) is 13.1 Å². The van der Waals surface area contributed by atoms with Crippen molar-refractivity contribution in [3.05, 3.63) is 46.7 Å². The van der Waals surface area contributed by atoms with Crippen LogP contribution in [0.4, 0.5) is 0 Å². The molecular formula is C18H23N5O2S2. The number of nitrogens with zero attached hydrogens (tertiary/aromatic N) is 5. The summed E-state index contributed by atoms with van der Waals surface area (Å²) >= 11 is 1.59. The van der Waals surface area contributed by atoms with Crippen LogP contribution in [0.3, 0.4) is 0 Å². The number of fused-ring (bicyclic) bond motifs is 1. The lowest BCUT2D eigenvalue weighted by molar-refractivity contribution is 0.313. The molecule has 4 rings (SSSR count). The Morgan fingerprint density at radius 2 is 1.89 bits per heavy atom. The van der Waals surface area contributed by atoms with E-state index in [1.165, 1.54) is 16.1 Å². The van der Waals surface area contributed by atoms with Gasteiger partial charge in [-0.2, -0.15) is 9.61 Å². The van der Waals surface area contributed by atoms with Gasteiger partial charge in [-0.05, 0) is 24.8 Å². The summed E-state index contributed by atoms with van der Waals surface area (Å²) in [5.41, 5.74) is 1.26. The smallest absolute Gasteiger partial charge is 0.213 e. The molecule has 1 aromatic carbocycles. The van der Waals surface area contributed by atoms with Crippen LogP contribution in [0, 0.1) is 0 Å². The summed E-state index contributed by atoms with van der Waals surface area (Å²) in [6, 6.07) is 10.4. The number of sulfonamides is 1. The maximum atomic E-state index is 11.7. The molecule has 0 N–H and O–H groups in total. The second-order valence-corrected chi connectivity index (χ2v) is 9.97. The van der Waals surface area contributed by atoms with Crippen LogP contribution >= 0.6 is 11.3 Å². The SMILES string of the molecule is CCC(c1ccccc1)c1nn2c(C3CCN(S(C)(=O)=O)CC3)nnc2s1. The average Bonchev–Trinajstić information content (AvgIpc) is 3.23. The Balaban J connectivity index is 1.60. The van der Waals surface area contributed by atoms with E-state index in [1.807, 2.05) is 10.6 Å². The number of aromatic nitrogens is 4. The zero-order valence-electron chi connectivity index (χ0n) is 15.4. The molecule has 0 spiro atoms. The summed E-state index contributed by atoms with van der Waals surface area (Å²) in [4.78, 5) is 0.805. The average molecular weight is 406 g/mol. The van der Waals surface area contributed by atoms with Crippen LogP contribution in [-0.2, 0) is 10.0 Å². The van der Waals surface area contributed by atoms with E-state index in [9.17, 15) is 8.42 Å². The van der Waals surface area contributed by atoms with Crippen molar-refractivity contribution in [3.63, 3.8) is 0 Å². The third kappa shape index (κ3) is 3.63. The largest absolute Gasteiger partial charge is 0.234 e. The Labute approximate surface area is 163 Å². The third-order valence-corrected chi connectivity index (χ3v) is 7.54. The fraction of sp³-hybridized carbons (Fsp3) is 0.500. The standard InChI is InChI=1S/C18H23N5O2S2/c1-3-15(13-7-5-4-6-8-13)17-21-23-16(19-20-18(23)26-17)14-9-11-22(12-10-14)27(2,24)25/h4-8,14-15H,3,9-12H2,1-2H3. The molecule has 1 aliphatic rings. The van der Waals surface area contributed by atoms with Gasteiger partial charge in [0.15, 0.2) is 5.82 Å². The van der Waals surface area contributed by atoms with Crippen molar-refractivity contribution in [2.45, 2.75) is 38.0 Å². The van der Waals surface area contributed by atoms with E-state index >= 15 is 0 Å². The topological polar surface area (TPSA) is 80.5 Å². The van der Waals surface area contributed by atoms with Gasteiger partial charge in [0, 0.05) is 24.9 Å². The van der Waals surface area contributed by atoms with Crippen LogP contribution in [0.1, 0.15) is 54.4 Å². The first-order chi connectivity index (χ1) is 13.0. The first-order valence-corrected chi connectivity index (χ1v) is 11.9. The molecule has 9 heteroatoms. The number of rotatable bonds is 5. The number of hydrogen-bond acceptors (Lipinski definition) is 6. The second kappa shape index (κ2) is 7.29. The van der Waals surface area contributed by atoms with Crippen molar-refractivity contribution in [1.29, 1.82) is 0 Å². The number of benzene rings is 1. The van der Waals surface area contributed by atoms with Gasteiger partial charge in [0.2, 0.25) is 15.0 Å². The monoisotopic (exact) mass is 405 g/mol. The van der Waals surface area contributed by atoms with Gasteiger partial charge in [-0.3, -0.25) is 0 Å². The predicted molar refractivity (Wildman–Crippen MR) is 106 cm³/mol. The van der Waals surface area contributed by atoms with E-state index in [0.717, 1.165) is 35.1 Å². The minimum absolute atomic E-state index is 0.185. The van der Waals surface area contributed by atoms with Crippen LogP contribution in [0.5, 0.6) is 0 Å². The molecule has 7 nitrogen and oxygen atoms in total. The second-order valence-electron chi connectivity index (χ2n) is 7.00. The van der Waals surface area contributed by atoms with Gasteiger partial charge < -0.3 is 0 Å². The Bertz CT molecular complexity index is 1020. The summed E-state index contributed by atoms with van der Waals surface area (Å²) in [6.07, 6.45) is 3.73. The molecule has 0 bridgehead atoms. The first kappa shape index (κ1) is 18.5. The highest BCUT2D eigenvalue weighted by molar-refractivity contribution is 7.88. The maximum Gasteiger partial charge on any atom is 0.234 e. The molecule has 2 aromatic heterocycles. The lowest BCUT2D eigenvalue weighted by Crippen LogP contribution is -2.37. The van der Waals surface area contributed by atoms with E-state index in [-0.39, 0.29) is 11.8 Å². The van der Waals surface area contributed by atoms with E-state index in [4.69, 9.17) is 5.10 Å². The molecule has 1 atom stereocenters. The minimum Gasteiger partial charge on any atom is -0.213 e. The summed E-state index contributed by atoms with van der Waals surface area (Å²) in [5, 5.41) is 14.6. The zero-order valence-corrected chi connectivity index (χ0v) is 17.1. The van der Waals surface area contributed by atoms with E-state index in [1.54, 1.807) is 11.3 Å². The molecule has 144 valence electrons. The van der Waals surface area contributed by atoms with Crippen LogP contribution in [-0.4, -0.2) is 51.9 Å². The van der Waals surface area contributed by atoms with Gasteiger partial charge in [0.05, 0.1) is 6.26 Å². The van der Waals surface area contributed by atoms with Crippen molar-refractivity contribution in [1.82, 2.24) is 24.1 Å². The summed E-state index contributed by atoms with van der Waals surface area (Å²) in [6.45, 7) is 3.22. The fourth-order valence-corrected chi connectivity index (χ4v) is 5.66. The molecule has 3 aromatic rings. The number of piperidine rings is 1. The Morgan fingerprint density at radius 1 is 1.19 bits per heavy atom. The van der Waals surface area contributed by atoms with Crippen LogP contribution in [0.2, 0.25) is 0 Å². The summed E-state index contributed by atoms with van der Waals surface area (Å²) < 4.78 is 26.8. The molecule has 1 aliphatic heterocycles. The van der Waals surface area contributed by atoms with Crippen molar-refractivity contribution in [2.75, 3.05) is 19.3 Å². The third-order valence-electron chi connectivity index (χ3n) is 5.23. The number of hydrogen-bond donors (Lipinski definition) is 0. The van der Waals surface area contributed by atoms with Gasteiger partial charge in [-0.1, -0.05) is 48.6 Å². The van der Waals surface area contributed by atoms with Gasteiger partial charge in [-0.15, -0.1) is 10.2 Å². The molecule has 0 saturated carbocycles. The molecule has 27 heavy (non-hydrogen) atoms. The van der Waals surface area contributed by atoms with Gasteiger partial charge in [-0.25, -0.2) is 12.7 Å². The molecule has 1 unspecified atom stereocenters. The molecule has 3 heterocycles. The van der Waals surface area contributed by atoms with Gasteiger partial charge in [0.1, 0.15) is 5.01 Å². The first-order valence-electron chi connectivity index (χ1n) is 9.19. The van der Waals surface area contributed by atoms with Crippen LogP contribution in [0.25, 0.3) is 4.96 Å². The van der Waals surface area contributed by atoms with E-state index in [2.05, 4.69) is 41.4 Å². The Hall–Kier alpha value is -1.84. The van der Waals surface area contributed by atoms with Crippen LogP contribution < -0.4 is 0 Å². The lowest BCUT2D eigenvalue weighted by Gasteiger charge is -2.28. The Morgan fingerprint density at radius 3 is 2.52 bits per heavy atom. The molecule has 0 amide bonds. The molecule has 1 fully saturated rings. The Kier molecular flexibility index (Phi) is 5.00. The molecule has 0 radical (unpaired) electrons.